The number of urea groups is 1. The molecule has 0 saturated carbocycles. The van der Waals surface area contributed by atoms with Gasteiger partial charge in [-0.05, 0) is 47.8 Å². The number of amides is 2. The fourth-order valence-corrected chi connectivity index (χ4v) is 2.15. The molecule has 0 bridgehead atoms. The number of aliphatic carboxylic acids is 1. The van der Waals surface area contributed by atoms with E-state index in [2.05, 4.69) is 4.90 Å². The number of carboxylic acids is 1. The van der Waals surface area contributed by atoms with Gasteiger partial charge in [0.25, 0.3) is 0 Å². The summed E-state index contributed by atoms with van der Waals surface area (Å²) in [4.78, 5) is 28.7. The van der Waals surface area contributed by atoms with Gasteiger partial charge in [0.05, 0.1) is 6.42 Å². The van der Waals surface area contributed by atoms with Crippen LogP contribution in [0.4, 0.5) is 4.79 Å². The molecule has 0 fully saturated rings. The molecule has 118 valence electrons. The highest BCUT2D eigenvalue weighted by Crippen LogP contribution is 2.09. The molecule has 0 radical (unpaired) electrons. The van der Waals surface area contributed by atoms with Crippen LogP contribution < -0.4 is 0 Å². The van der Waals surface area contributed by atoms with E-state index in [0.29, 0.717) is 19.6 Å². The largest absolute Gasteiger partial charge is 0.481 e. The highest BCUT2D eigenvalue weighted by atomic mass is 16.4. The van der Waals surface area contributed by atoms with Crippen molar-refractivity contribution in [1.82, 2.24) is 14.7 Å². The minimum Gasteiger partial charge on any atom is -0.481 e. The van der Waals surface area contributed by atoms with Crippen LogP contribution in [0.1, 0.15) is 33.6 Å². The molecule has 0 spiro atoms. The lowest BCUT2D eigenvalue weighted by molar-refractivity contribution is -0.138. The predicted molar refractivity (Wildman–Crippen MR) is 79.9 cm³/mol. The Kier molecular flexibility index (Phi) is 8.96. The molecule has 1 N–H and O–H groups in total. The summed E-state index contributed by atoms with van der Waals surface area (Å²) in [5, 5.41) is 8.85. The van der Waals surface area contributed by atoms with Gasteiger partial charge in [-0.2, -0.15) is 0 Å². The van der Waals surface area contributed by atoms with Gasteiger partial charge in [0.1, 0.15) is 0 Å². The summed E-state index contributed by atoms with van der Waals surface area (Å²) >= 11 is 0. The zero-order valence-corrected chi connectivity index (χ0v) is 13.4. The Labute approximate surface area is 122 Å². The van der Waals surface area contributed by atoms with Crippen molar-refractivity contribution >= 4 is 12.0 Å². The fraction of sp³-hybridized carbons (Fsp3) is 0.857. The van der Waals surface area contributed by atoms with E-state index in [1.807, 2.05) is 27.9 Å². The third-order valence-corrected chi connectivity index (χ3v) is 3.27. The van der Waals surface area contributed by atoms with Crippen molar-refractivity contribution in [2.24, 2.45) is 0 Å². The van der Waals surface area contributed by atoms with Crippen molar-refractivity contribution in [2.75, 3.05) is 40.3 Å². The van der Waals surface area contributed by atoms with Crippen LogP contribution >= 0.6 is 0 Å². The number of hydrogen-bond donors (Lipinski definition) is 1. The second-order valence-corrected chi connectivity index (χ2v) is 5.25. The molecular weight excluding hydrogens is 258 g/mol. The summed E-state index contributed by atoms with van der Waals surface area (Å²) in [7, 11) is 4.01. The quantitative estimate of drug-likeness (QED) is 0.699. The highest BCUT2D eigenvalue weighted by Gasteiger charge is 2.24. The molecule has 0 aromatic heterocycles. The predicted octanol–water partition coefficient (Wildman–Crippen LogP) is 1.57. The first-order chi connectivity index (χ1) is 9.33. The van der Waals surface area contributed by atoms with E-state index in [1.54, 1.807) is 16.7 Å². The second kappa shape index (κ2) is 9.58. The van der Waals surface area contributed by atoms with Crippen LogP contribution in [0, 0.1) is 0 Å². The Morgan fingerprint density at radius 2 is 1.70 bits per heavy atom. The van der Waals surface area contributed by atoms with Gasteiger partial charge in [-0.1, -0.05) is 0 Å². The first kappa shape index (κ1) is 18.7. The summed E-state index contributed by atoms with van der Waals surface area (Å²) < 4.78 is 0. The van der Waals surface area contributed by atoms with Crippen molar-refractivity contribution in [3.8, 4) is 0 Å². The first-order valence-electron chi connectivity index (χ1n) is 7.25. The molecule has 0 aliphatic heterocycles. The highest BCUT2D eigenvalue weighted by molar-refractivity contribution is 5.76. The Morgan fingerprint density at radius 1 is 1.10 bits per heavy atom. The molecule has 0 aromatic carbocycles. The van der Waals surface area contributed by atoms with Gasteiger partial charge in [-0.3, -0.25) is 4.79 Å². The Balaban J connectivity index is 4.56. The summed E-state index contributed by atoms with van der Waals surface area (Å²) in [6, 6.07) is -0.351. The molecule has 1 unspecified atom stereocenters. The molecule has 0 aliphatic rings. The lowest BCUT2D eigenvalue weighted by atomic mass is 10.2. The van der Waals surface area contributed by atoms with Crippen LogP contribution in [-0.4, -0.2) is 78.1 Å². The molecular formula is C14H29N3O3. The Bertz CT molecular complexity index is 308. The topological polar surface area (TPSA) is 64.1 Å². The van der Waals surface area contributed by atoms with Crippen LogP contribution in [-0.2, 0) is 4.79 Å². The third kappa shape index (κ3) is 6.75. The molecule has 0 rings (SSSR count). The monoisotopic (exact) mass is 287 g/mol. The number of carbonyl (C=O) groups is 2. The van der Waals surface area contributed by atoms with Gasteiger partial charge >= 0.3 is 12.0 Å². The molecule has 0 aliphatic carbocycles. The Hall–Kier alpha value is -1.30. The average Bonchev–Trinajstić information content (AvgIpc) is 2.34. The van der Waals surface area contributed by atoms with Gasteiger partial charge in [0.15, 0.2) is 0 Å². The van der Waals surface area contributed by atoms with Crippen LogP contribution in [0.5, 0.6) is 0 Å². The summed E-state index contributed by atoms with van der Waals surface area (Å²) in [6.45, 7) is 8.40. The van der Waals surface area contributed by atoms with Crippen LogP contribution in [0.3, 0.4) is 0 Å². The van der Waals surface area contributed by atoms with Crippen LogP contribution in [0.2, 0.25) is 0 Å². The summed E-state index contributed by atoms with van der Waals surface area (Å²) in [6.07, 6.45) is 0.895. The number of nitrogens with zero attached hydrogens (tertiary/aromatic N) is 3. The van der Waals surface area contributed by atoms with Crippen LogP contribution in [0.15, 0.2) is 0 Å². The van der Waals surface area contributed by atoms with Gasteiger partial charge in [-0.15, -0.1) is 0 Å². The normalized spacial score (nSPS) is 12.3. The van der Waals surface area contributed by atoms with Crippen molar-refractivity contribution in [1.29, 1.82) is 0 Å². The van der Waals surface area contributed by atoms with Crippen LogP contribution in [0.25, 0.3) is 0 Å². The van der Waals surface area contributed by atoms with E-state index in [0.717, 1.165) is 13.0 Å². The number of carboxylic acid groups (broad SMARTS) is 1. The van der Waals surface area contributed by atoms with Gasteiger partial charge in [0.2, 0.25) is 0 Å². The average molecular weight is 287 g/mol. The van der Waals surface area contributed by atoms with E-state index in [1.165, 1.54) is 0 Å². The number of rotatable bonds is 9. The van der Waals surface area contributed by atoms with Crippen molar-refractivity contribution in [2.45, 2.75) is 39.7 Å². The molecule has 2 amide bonds. The third-order valence-electron chi connectivity index (χ3n) is 3.27. The molecule has 0 saturated heterocycles. The molecule has 1 atom stereocenters. The molecule has 6 heteroatoms. The molecule has 0 heterocycles. The second-order valence-electron chi connectivity index (χ2n) is 5.25. The van der Waals surface area contributed by atoms with E-state index in [4.69, 9.17) is 5.11 Å². The fourth-order valence-electron chi connectivity index (χ4n) is 2.15. The van der Waals surface area contributed by atoms with Crippen molar-refractivity contribution in [3.05, 3.63) is 0 Å². The SMILES string of the molecule is CCN(CCCN(C)C)C(=O)N(CC)C(C)CC(=O)O. The molecule has 0 aromatic rings. The van der Waals surface area contributed by atoms with E-state index >= 15 is 0 Å². The lowest BCUT2D eigenvalue weighted by Crippen LogP contribution is -2.48. The minimum absolute atomic E-state index is 0.0190. The lowest BCUT2D eigenvalue weighted by Gasteiger charge is -2.33. The maximum atomic E-state index is 12.4. The van der Waals surface area contributed by atoms with Gasteiger partial charge in [0, 0.05) is 25.7 Å². The summed E-state index contributed by atoms with van der Waals surface area (Å²) in [5.41, 5.74) is 0. The number of carbonyl (C=O) groups excluding carboxylic acids is 1. The van der Waals surface area contributed by atoms with Crippen molar-refractivity contribution in [3.63, 3.8) is 0 Å². The van der Waals surface area contributed by atoms with E-state index in [9.17, 15) is 9.59 Å². The van der Waals surface area contributed by atoms with Gasteiger partial charge in [-0.25, -0.2) is 4.79 Å². The maximum Gasteiger partial charge on any atom is 0.320 e. The standard InChI is InChI=1S/C14H29N3O3/c1-6-16(10-8-9-15(4)5)14(20)17(7-2)12(3)11-13(18)19/h12H,6-11H2,1-5H3,(H,18,19). The van der Waals surface area contributed by atoms with E-state index in [-0.39, 0.29) is 18.5 Å². The first-order valence-corrected chi connectivity index (χ1v) is 7.25. The number of hydrogen-bond acceptors (Lipinski definition) is 3. The minimum atomic E-state index is -0.876. The smallest absolute Gasteiger partial charge is 0.320 e. The van der Waals surface area contributed by atoms with Crippen molar-refractivity contribution < 1.29 is 14.7 Å². The maximum absolute atomic E-state index is 12.4. The van der Waals surface area contributed by atoms with Gasteiger partial charge < -0.3 is 19.8 Å². The zero-order chi connectivity index (χ0) is 15.7. The Morgan fingerprint density at radius 3 is 2.10 bits per heavy atom. The molecule has 20 heavy (non-hydrogen) atoms. The molecule has 6 nitrogen and oxygen atoms in total. The summed E-state index contributed by atoms with van der Waals surface area (Å²) in [5.74, 6) is -0.876. The zero-order valence-electron chi connectivity index (χ0n) is 13.4. The van der Waals surface area contributed by atoms with E-state index < -0.39 is 5.97 Å².